The molecule has 0 aromatic heterocycles. The van der Waals surface area contributed by atoms with E-state index in [-0.39, 0.29) is 10.6 Å². The lowest BCUT2D eigenvalue weighted by Crippen LogP contribution is -2.28. The second-order valence-electron chi connectivity index (χ2n) is 5.61. The Balaban J connectivity index is 2.38. The molecule has 2 aromatic rings. The molecule has 1 atom stereocenters. The van der Waals surface area contributed by atoms with E-state index in [1.54, 1.807) is 13.2 Å². The second kappa shape index (κ2) is 7.84. The molecule has 0 radical (unpaired) electrons. The van der Waals surface area contributed by atoms with Crippen molar-refractivity contribution in [2.75, 3.05) is 14.2 Å². The minimum absolute atomic E-state index is 0.0923. The summed E-state index contributed by atoms with van der Waals surface area (Å²) in [5, 5.41) is 0. The molecule has 5 nitrogen and oxygen atoms in total. The van der Waals surface area contributed by atoms with Crippen LogP contribution >= 0.6 is 0 Å². The number of halogens is 1. The van der Waals surface area contributed by atoms with Crippen molar-refractivity contribution in [2.45, 2.75) is 31.2 Å². The van der Waals surface area contributed by atoms with Gasteiger partial charge in [-0.05, 0) is 48.7 Å². The molecule has 2 rings (SSSR count). The van der Waals surface area contributed by atoms with Crippen LogP contribution in [0.25, 0.3) is 0 Å². The van der Waals surface area contributed by atoms with Crippen LogP contribution in [0.3, 0.4) is 0 Å². The fourth-order valence-corrected chi connectivity index (χ4v) is 4.11. The van der Waals surface area contributed by atoms with Gasteiger partial charge in [-0.3, -0.25) is 0 Å². The molecule has 136 valence electrons. The van der Waals surface area contributed by atoms with Crippen LogP contribution in [-0.2, 0) is 10.0 Å². The zero-order valence-electron chi connectivity index (χ0n) is 14.7. The molecule has 0 fully saturated rings. The maximum Gasteiger partial charge on any atom is 0.244 e. The van der Waals surface area contributed by atoms with Crippen molar-refractivity contribution in [3.63, 3.8) is 0 Å². The van der Waals surface area contributed by atoms with Gasteiger partial charge in [0.2, 0.25) is 10.0 Å². The zero-order chi connectivity index (χ0) is 18.6. The highest BCUT2D eigenvalue weighted by Gasteiger charge is 2.24. The molecular weight excluding hydrogens is 345 g/mol. The summed E-state index contributed by atoms with van der Waals surface area (Å²) in [6.07, 6.45) is 0.530. The highest BCUT2D eigenvalue weighted by atomic mass is 32.2. The molecule has 25 heavy (non-hydrogen) atoms. The summed E-state index contributed by atoms with van der Waals surface area (Å²) in [5.41, 5.74) is 1.71. The smallest absolute Gasteiger partial charge is 0.244 e. The number of nitrogens with one attached hydrogen (secondary N) is 1. The van der Waals surface area contributed by atoms with Crippen LogP contribution in [0.2, 0.25) is 0 Å². The first kappa shape index (κ1) is 19.2. The lowest BCUT2D eigenvalue weighted by atomic mass is 10.0. The van der Waals surface area contributed by atoms with Gasteiger partial charge in [-0.2, -0.15) is 0 Å². The molecule has 2 aromatic carbocycles. The van der Waals surface area contributed by atoms with E-state index >= 15 is 0 Å². The van der Waals surface area contributed by atoms with E-state index in [2.05, 4.69) is 4.72 Å². The third-order valence-corrected chi connectivity index (χ3v) is 5.44. The van der Waals surface area contributed by atoms with E-state index < -0.39 is 21.9 Å². The number of benzene rings is 2. The fourth-order valence-electron chi connectivity index (χ4n) is 2.62. The van der Waals surface area contributed by atoms with Crippen molar-refractivity contribution in [2.24, 2.45) is 0 Å². The number of ether oxygens (including phenoxy) is 2. The second-order valence-corrected chi connectivity index (χ2v) is 7.29. The molecule has 0 saturated carbocycles. The monoisotopic (exact) mass is 367 g/mol. The van der Waals surface area contributed by atoms with Crippen molar-refractivity contribution < 1.29 is 22.3 Å². The van der Waals surface area contributed by atoms with Crippen molar-refractivity contribution in [3.8, 4) is 11.5 Å². The van der Waals surface area contributed by atoms with Gasteiger partial charge in [0.1, 0.15) is 22.2 Å². The number of rotatable bonds is 7. The van der Waals surface area contributed by atoms with Crippen molar-refractivity contribution >= 4 is 10.0 Å². The quantitative estimate of drug-likeness (QED) is 0.812. The fraction of sp³-hybridized carbons (Fsp3) is 0.333. The maximum absolute atomic E-state index is 13.5. The first-order valence-electron chi connectivity index (χ1n) is 7.82. The Hall–Kier alpha value is -2.12. The van der Waals surface area contributed by atoms with Gasteiger partial charge >= 0.3 is 0 Å². The summed E-state index contributed by atoms with van der Waals surface area (Å²) in [6, 6.07) is 8.42. The van der Waals surface area contributed by atoms with Gasteiger partial charge in [0.15, 0.2) is 0 Å². The standard InChI is InChI=1S/C18H22FNO4S/c1-5-15(13-6-8-16(23-3)12(2)10-13)20-25(21,22)18-11-14(19)7-9-17(18)24-4/h6-11,15,20H,5H2,1-4H3. The summed E-state index contributed by atoms with van der Waals surface area (Å²) in [7, 11) is -1.03. The van der Waals surface area contributed by atoms with Crippen LogP contribution < -0.4 is 14.2 Å². The van der Waals surface area contributed by atoms with Gasteiger partial charge in [0.25, 0.3) is 0 Å². The van der Waals surface area contributed by atoms with E-state index in [4.69, 9.17) is 9.47 Å². The van der Waals surface area contributed by atoms with Gasteiger partial charge in [0, 0.05) is 6.04 Å². The summed E-state index contributed by atoms with van der Waals surface area (Å²) in [5.74, 6) is 0.178. The number of methoxy groups -OCH3 is 2. The van der Waals surface area contributed by atoms with E-state index in [1.165, 1.54) is 13.2 Å². The Morgan fingerprint density at radius 2 is 1.72 bits per heavy atom. The highest BCUT2D eigenvalue weighted by molar-refractivity contribution is 7.89. The Bertz CT molecular complexity index is 852. The molecule has 0 saturated heterocycles. The first-order chi connectivity index (χ1) is 11.8. The molecule has 0 aliphatic carbocycles. The minimum Gasteiger partial charge on any atom is -0.496 e. The van der Waals surface area contributed by atoms with Crippen LogP contribution in [0.1, 0.15) is 30.5 Å². The normalized spacial score (nSPS) is 12.7. The summed E-state index contributed by atoms with van der Waals surface area (Å²) in [6.45, 7) is 3.76. The lowest BCUT2D eigenvalue weighted by molar-refractivity contribution is 0.400. The van der Waals surface area contributed by atoms with E-state index in [0.29, 0.717) is 6.42 Å². The van der Waals surface area contributed by atoms with Crippen LogP contribution in [0.5, 0.6) is 11.5 Å². The van der Waals surface area contributed by atoms with Crippen molar-refractivity contribution in [3.05, 3.63) is 53.3 Å². The Morgan fingerprint density at radius 1 is 1.08 bits per heavy atom. The predicted molar refractivity (Wildman–Crippen MR) is 94.0 cm³/mol. The number of sulfonamides is 1. The van der Waals surface area contributed by atoms with Crippen LogP contribution in [0, 0.1) is 12.7 Å². The minimum atomic E-state index is -3.96. The molecule has 0 aliphatic heterocycles. The molecule has 7 heteroatoms. The first-order valence-corrected chi connectivity index (χ1v) is 9.31. The Labute approximate surface area is 147 Å². The largest absolute Gasteiger partial charge is 0.496 e. The molecular formula is C18H22FNO4S. The molecule has 1 N–H and O–H groups in total. The maximum atomic E-state index is 13.5. The van der Waals surface area contributed by atoms with Gasteiger partial charge < -0.3 is 9.47 Å². The van der Waals surface area contributed by atoms with E-state index in [1.807, 2.05) is 26.0 Å². The van der Waals surface area contributed by atoms with Gasteiger partial charge in [0.05, 0.1) is 14.2 Å². The average Bonchev–Trinajstić information content (AvgIpc) is 2.59. The van der Waals surface area contributed by atoms with Crippen LogP contribution in [-0.4, -0.2) is 22.6 Å². The van der Waals surface area contributed by atoms with Crippen LogP contribution in [0.4, 0.5) is 4.39 Å². The topological polar surface area (TPSA) is 64.6 Å². The third kappa shape index (κ3) is 4.29. The molecule has 1 unspecified atom stereocenters. The zero-order valence-corrected chi connectivity index (χ0v) is 15.5. The highest BCUT2D eigenvalue weighted by Crippen LogP contribution is 2.29. The molecule has 0 heterocycles. The summed E-state index contributed by atoms with van der Waals surface area (Å²) >= 11 is 0. The van der Waals surface area contributed by atoms with Gasteiger partial charge in [-0.15, -0.1) is 0 Å². The Morgan fingerprint density at radius 3 is 2.28 bits per heavy atom. The molecule has 0 aliphatic rings. The molecule has 0 spiro atoms. The van der Waals surface area contributed by atoms with Crippen molar-refractivity contribution in [1.29, 1.82) is 0 Å². The predicted octanol–water partition coefficient (Wildman–Crippen LogP) is 3.58. The summed E-state index contributed by atoms with van der Waals surface area (Å²) < 4.78 is 51.9. The Kier molecular flexibility index (Phi) is 6.02. The molecule has 0 amide bonds. The number of hydrogen-bond acceptors (Lipinski definition) is 4. The van der Waals surface area contributed by atoms with E-state index in [0.717, 1.165) is 29.0 Å². The van der Waals surface area contributed by atoms with Crippen LogP contribution in [0.15, 0.2) is 41.3 Å². The lowest BCUT2D eigenvalue weighted by Gasteiger charge is -2.20. The third-order valence-electron chi connectivity index (χ3n) is 3.94. The molecule has 0 bridgehead atoms. The van der Waals surface area contributed by atoms with Gasteiger partial charge in [-0.25, -0.2) is 17.5 Å². The number of aryl methyl sites for hydroxylation is 1. The van der Waals surface area contributed by atoms with Gasteiger partial charge in [-0.1, -0.05) is 19.1 Å². The van der Waals surface area contributed by atoms with E-state index in [9.17, 15) is 12.8 Å². The average molecular weight is 367 g/mol. The summed E-state index contributed by atoms with van der Waals surface area (Å²) in [4.78, 5) is -0.223. The van der Waals surface area contributed by atoms with Crippen molar-refractivity contribution in [1.82, 2.24) is 4.72 Å². The SMILES string of the molecule is CCC(NS(=O)(=O)c1cc(F)ccc1OC)c1ccc(OC)c(C)c1. The number of hydrogen-bond donors (Lipinski definition) is 1.